The summed E-state index contributed by atoms with van der Waals surface area (Å²) in [6.07, 6.45) is 5.08. The summed E-state index contributed by atoms with van der Waals surface area (Å²) in [5, 5.41) is 6.11. The number of benzene rings is 1. The van der Waals surface area contributed by atoms with Gasteiger partial charge in [0.05, 0.1) is 12.7 Å². The highest BCUT2D eigenvalue weighted by molar-refractivity contribution is 7.17. The smallest absolute Gasteiger partial charge is 0.341 e. The molecule has 0 aliphatic heterocycles. The fraction of sp³-hybridized carbons (Fsp3) is 0.286. The SMILES string of the molecule is C=CC(=O)NCc1ccc(C(=O)Nc2sc3c(c2C(=O)OC)CCCC3)cc1. The van der Waals surface area contributed by atoms with Crippen molar-refractivity contribution in [1.82, 2.24) is 5.32 Å². The van der Waals surface area contributed by atoms with Crippen molar-refractivity contribution in [3.05, 3.63) is 64.1 Å². The minimum absolute atomic E-state index is 0.251. The maximum atomic E-state index is 12.7. The number of rotatable bonds is 6. The van der Waals surface area contributed by atoms with Crippen molar-refractivity contribution in [1.29, 1.82) is 0 Å². The van der Waals surface area contributed by atoms with Gasteiger partial charge in [0.25, 0.3) is 5.91 Å². The second kappa shape index (κ2) is 8.84. The Labute approximate surface area is 167 Å². The van der Waals surface area contributed by atoms with Gasteiger partial charge in [-0.2, -0.15) is 0 Å². The molecule has 2 aromatic rings. The number of methoxy groups -OCH3 is 1. The molecule has 0 spiro atoms. The molecule has 146 valence electrons. The van der Waals surface area contributed by atoms with Crippen LogP contribution in [0, 0.1) is 0 Å². The minimum atomic E-state index is -0.414. The number of ether oxygens (including phenoxy) is 1. The van der Waals surface area contributed by atoms with E-state index in [0.717, 1.165) is 41.7 Å². The average molecular weight is 398 g/mol. The van der Waals surface area contributed by atoms with Crippen molar-refractivity contribution < 1.29 is 19.1 Å². The number of carbonyl (C=O) groups excluding carboxylic acids is 3. The number of hydrogen-bond donors (Lipinski definition) is 2. The van der Waals surface area contributed by atoms with Gasteiger partial charge in [0.2, 0.25) is 5.91 Å². The highest BCUT2D eigenvalue weighted by atomic mass is 32.1. The normalized spacial score (nSPS) is 12.6. The van der Waals surface area contributed by atoms with Crippen LogP contribution in [0.4, 0.5) is 5.00 Å². The number of hydrogen-bond acceptors (Lipinski definition) is 5. The number of nitrogens with one attached hydrogen (secondary N) is 2. The summed E-state index contributed by atoms with van der Waals surface area (Å²) in [4.78, 5) is 37.3. The highest BCUT2D eigenvalue weighted by Crippen LogP contribution is 2.38. The van der Waals surface area contributed by atoms with Crippen LogP contribution in [0.2, 0.25) is 0 Å². The quantitative estimate of drug-likeness (QED) is 0.576. The molecule has 6 nitrogen and oxygen atoms in total. The van der Waals surface area contributed by atoms with Gasteiger partial charge in [-0.1, -0.05) is 18.7 Å². The molecule has 1 aliphatic rings. The van der Waals surface area contributed by atoms with Gasteiger partial charge >= 0.3 is 5.97 Å². The van der Waals surface area contributed by atoms with Gasteiger partial charge in [-0.3, -0.25) is 9.59 Å². The van der Waals surface area contributed by atoms with Crippen LogP contribution in [-0.4, -0.2) is 24.9 Å². The second-order valence-electron chi connectivity index (χ2n) is 6.48. The number of aryl methyl sites for hydroxylation is 1. The Morgan fingerprint density at radius 3 is 2.57 bits per heavy atom. The molecule has 0 unspecified atom stereocenters. The monoisotopic (exact) mass is 398 g/mol. The van der Waals surface area contributed by atoms with E-state index in [4.69, 9.17) is 4.74 Å². The van der Waals surface area contributed by atoms with Crippen molar-refractivity contribution in [2.24, 2.45) is 0 Å². The van der Waals surface area contributed by atoms with Gasteiger partial charge in [0.15, 0.2) is 0 Å². The summed E-state index contributed by atoms with van der Waals surface area (Å²) in [6.45, 7) is 3.76. The van der Waals surface area contributed by atoms with Crippen molar-refractivity contribution in [2.75, 3.05) is 12.4 Å². The molecular weight excluding hydrogens is 376 g/mol. The fourth-order valence-electron chi connectivity index (χ4n) is 3.18. The molecule has 1 heterocycles. The zero-order valence-electron chi connectivity index (χ0n) is 15.7. The predicted octanol–water partition coefficient (Wildman–Crippen LogP) is 3.47. The molecule has 0 saturated heterocycles. The van der Waals surface area contributed by atoms with Crippen LogP contribution in [0.15, 0.2) is 36.9 Å². The van der Waals surface area contributed by atoms with E-state index in [9.17, 15) is 14.4 Å². The van der Waals surface area contributed by atoms with Gasteiger partial charge in [-0.15, -0.1) is 11.3 Å². The Hall–Kier alpha value is -2.93. The molecule has 0 bridgehead atoms. The van der Waals surface area contributed by atoms with Crippen LogP contribution in [0.3, 0.4) is 0 Å². The molecule has 0 saturated carbocycles. The van der Waals surface area contributed by atoms with Crippen LogP contribution in [0.25, 0.3) is 0 Å². The summed E-state index contributed by atoms with van der Waals surface area (Å²) in [6, 6.07) is 6.93. The van der Waals surface area contributed by atoms with Gasteiger partial charge in [0, 0.05) is 17.0 Å². The van der Waals surface area contributed by atoms with E-state index in [2.05, 4.69) is 17.2 Å². The van der Waals surface area contributed by atoms with E-state index in [1.165, 1.54) is 24.5 Å². The molecule has 3 rings (SSSR count). The zero-order chi connectivity index (χ0) is 20.1. The van der Waals surface area contributed by atoms with Crippen LogP contribution in [0.5, 0.6) is 0 Å². The third-order valence-corrected chi connectivity index (χ3v) is 5.86. The first kappa shape index (κ1) is 19.8. The molecule has 2 N–H and O–H groups in total. The average Bonchev–Trinajstić information content (AvgIpc) is 3.09. The number of carbonyl (C=O) groups is 3. The largest absolute Gasteiger partial charge is 0.465 e. The zero-order valence-corrected chi connectivity index (χ0v) is 16.5. The van der Waals surface area contributed by atoms with Crippen molar-refractivity contribution >= 4 is 34.1 Å². The van der Waals surface area contributed by atoms with E-state index >= 15 is 0 Å². The van der Waals surface area contributed by atoms with Gasteiger partial charge in [0.1, 0.15) is 5.00 Å². The second-order valence-corrected chi connectivity index (χ2v) is 7.58. The Bertz CT molecular complexity index is 915. The first-order valence-corrected chi connectivity index (χ1v) is 9.88. The summed E-state index contributed by atoms with van der Waals surface area (Å²) < 4.78 is 4.93. The third-order valence-electron chi connectivity index (χ3n) is 4.66. The number of esters is 1. The molecular formula is C21H22N2O4S. The lowest BCUT2D eigenvalue weighted by atomic mass is 9.95. The Balaban J connectivity index is 1.76. The first-order valence-electron chi connectivity index (χ1n) is 9.07. The molecule has 0 atom stereocenters. The Kier molecular flexibility index (Phi) is 6.26. The number of amides is 2. The predicted molar refractivity (Wildman–Crippen MR) is 109 cm³/mol. The molecule has 2 amide bonds. The van der Waals surface area contributed by atoms with E-state index in [1.807, 2.05) is 0 Å². The van der Waals surface area contributed by atoms with E-state index < -0.39 is 5.97 Å². The lowest BCUT2D eigenvalue weighted by Crippen LogP contribution is -2.20. The molecule has 1 aromatic carbocycles. The van der Waals surface area contributed by atoms with Crippen LogP contribution in [0.1, 0.15) is 49.6 Å². The lowest BCUT2D eigenvalue weighted by molar-refractivity contribution is -0.116. The molecule has 28 heavy (non-hydrogen) atoms. The Morgan fingerprint density at radius 2 is 1.89 bits per heavy atom. The third kappa shape index (κ3) is 4.31. The summed E-state index contributed by atoms with van der Waals surface area (Å²) >= 11 is 1.46. The summed E-state index contributed by atoms with van der Waals surface area (Å²) in [5.74, 6) is -0.952. The number of anilines is 1. The standard InChI is InChI=1S/C21H22N2O4S/c1-3-17(24)22-12-13-8-10-14(11-9-13)19(25)23-20-18(21(26)27-2)15-6-4-5-7-16(15)28-20/h3,8-11H,1,4-7,12H2,2H3,(H,22,24)(H,23,25). The van der Waals surface area contributed by atoms with Crippen molar-refractivity contribution in [3.8, 4) is 0 Å². The van der Waals surface area contributed by atoms with E-state index in [1.54, 1.807) is 24.3 Å². The topological polar surface area (TPSA) is 84.5 Å². The first-order chi connectivity index (χ1) is 13.5. The van der Waals surface area contributed by atoms with Gasteiger partial charge in [-0.05, 0) is 55.0 Å². The molecule has 7 heteroatoms. The van der Waals surface area contributed by atoms with E-state index in [-0.39, 0.29) is 11.8 Å². The maximum absolute atomic E-state index is 12.7. The van der Waals surface area contributed by atoms with Crippen molar-refractivity contribution in [3.63, 3.8) is 0 Å². The summed E-state index contributed by atoms with van der Waals surface area (Å²) in [5.41, 5.74) is 2.83. The Morgan fingerprint density at radius 1 is 1.18 bits per heavy atom. The fourth-order valence-corrected chi connectivity index (χ4v) is 4.45. The molecule has 1 aliphatic carbocycles. The lowest BCUT2D eigenvalue weighted by Gasteiger charge is -2.11. The summed E-state index contributed by atoms with van der Waals surface area (Å²) in [7, 11) is 1.35. The number of fused-ring (bicyclic) bond motifs is 1. The molecule has 0 radical (unpaired) electrons. The van der Waals surface area contributed by atoms with E-state index in [0.29, 0.717) is 22.7 Å². The number of thiophene rings is 1. The molecule has 0 fully saturated rings. The van der Waals surface area contributed by atoms with Crippen LogP contribution >= 0.6 is 11.3 Å². The maximum Gasteiger partial charge on any atom is 0.341 e. The van der Waals surface area contributed by atoms with Crippen molar-refractivity contribution in [2.45, 2.75) is 32.2 Å². The van der Waals surface area contributed by atoms with Gasteiger partial charge < -0.3 is 15.4 Å². The minimum Gasteiger partial charge on any atom is -0.465 e. The molecule has 1 aromatic heterocycles. The highest BCUT2D eigenvalue weighted by Gasteiger charge is 2.27. The van der Waals surface area contributed by atoms with Crippen LogP contribution < -0.4 is 10.6 Å². The van der Waals surface area contributed by atoms with Gasteiger partial charge in [-0.25, -0.2) is 4.79 Å². The van der Waals surface area contributed by atoms with Crippen LogP contribution in [-0.2, 0) is 28.9 Å².